The van der Waals surface area contributed by atoms with E-state index in [0.717, 1.165) is 85.4 Å². The van der Waals surface area contributed by atoms with Crippen molar-refractivity contribution in [3.05, 3.63) is 131 Å². The normalized spacial score (nSPS) is 12.8. The summed E-state index contributed by atoms with van der Waals surface area (Å²) in [7, 11) is 4.07. The first kappa shape index (κ1) is 58.9. The zero-order chi connectivity index (χ0) is 58.0. The lowest BCUT2D eigenvalue weighted by atomic mass is 10.1. The van der Waals surface area contributed by atoms with Crippen molar-refractivity contribution in [3.8, 4) is 0 Å². The number of aromatic nitrogens is 12. The Hall–Kier alpha value is -9.24. The monoisotopic (exact) mass is 1130 g/mol. The highest BCUT2D eigenvalue weighted by molar-refractivity contribution is 7.98. The Morgan fingerprint density at radius 1 is 0.549 bits per heavy atom. The molecule has 0 unspecified atom stereocenters. The molecule has 0 bridgehead atoms. The first-order valence-corrected chi connectivity index (χ1v) is 27.1. The van der Waals surface area contributed by atoms with Crippen LogP contribution < -0.4 is 26.2 Å². The van der Waals surface area contributed by atoms with E-state index >= 15 is 0 Å². The second-order valence-electron chi connectivity index (χ2n) is 17.9. The van der Waals surface area contributed by atoms with Crippen molar-refractivity contribution >= 4 is 103 Å². The number of anilines is 7. The summed E-state index contributed by atoms with van der Waals surface area (Å²) in [5, 5.41) is 13.5. The number of hydrogen-bond acceptors (Lipinski definition) is 26. The molecule has 25 nitrogen and oxygen atoms in total. The fourth-order valence-corrected chi connectivity index (χ4v) is 8.28. The van der Waals surface area contributed by atoms with Crippen molar-refractivity contribution in [2.45, 2.75) is 39.3 Å². The fraction of sp³-hybridized carbons (Fsp3) is 0.304. The molecule has 2 aliphatic heterocycles. The molecular formula is C56H61N17O8S. The molecule has 0 aliphatic carbocycles. The lowest BCUT2D eigenvalue weighted by Gasteiger charge is -2.26. The molecule has 424 valence electrons. The molecule has 26 heteroatoms. The standard InChI is InChI=1S/C19H20N6O3.C17H17N5O2.C16H15N5O2S.C4H9NO/c1-12-3-4-13(18(26)27-2)9-14(12)23-17-16-15(21-11-22-17)10-20-19(24-16)25-5-7-28-8-6-25;1-4-14-18-8-13-15(22-14)16(20-9-19-13)21-12-7-11(17(23)24-3)6-5-10(12)2;1-9-4-5-10(15(22)23-2)6-11(9)20-14-13-12(18-8-19-14)7-17-16(21-13)24-3;1-3-6-4-2-5-1/h3-4,9-11H,5-8H2,1-2H3,(H,21,22,23);5-9H,4H2,1-3H3,(H,19,20,21);4-8H,1-3H3,(H,18,19,20);5H,1-4H2. The molecule has 0 radical (unpaired) electrons. The molecule has 3 aromatic carbocycles. The van der Waals surface area contributed by atoms with E-state index in [0.29, 0.717) is 91.6 Å². The average molecular weight is 1130 g/mol. The van der Waals surface area contributed by atoms with E-state index in [1.807, 2.05) is 52.1 Å². The molecule has 0 saturated carbocycles. The summed E-state index contributed by atoms with van der Waals surface area (Å²) in [6.45, 7) is 14.4. The van der Waals surface area contributed by atoms with E-state index < -0.39 is 11.9 Å². The third-order valence-electron chi connectivity index (χ3n) is 12.5. The van der Waals surface area contributed by atoms with Crippen LogP contribution in [-0.4, -0.2) is 158 Å². The molecule has 2 aliphatic rings. The number of methoxy groups -OCH3 is 3. The van der Waals surface area contributed by atoms with Crippen molar-refractivity contribution in [2.24, 2.45) is 0 Å². The lowest BCUT2D eigenvalue weighted by molar-refractivity contribution is 0.0592. The molecule has 82 heavy (non-hydrogen) atoms. The van der Waals surface area contributed by atoms with Gasteiger partial charge in [-0.2, -0.15) is 0 Å². The van der Waals surface area contributed by atoms with Crippen LogP contribution in [-0.2, 0) is 30.1 Å². The summed E-state index contributed by atoms with van der Waals surface area (Å²) in [5.41, 5.74) is 10.4. The van der Waals surface area contributed by atoms with Crippen molar-refractivity contribution < 1.29 is 38.1 Å². The summed E-state index contributed by atoms with van der Waals surface area (Å²) < 4.78 is 24.7. The Kier molecular flexibility index (Phi) is 20.7. The van der Waals surface area contributed by atoms with E-state index in [-0.39, 0.29) is 5.97 Å². The number of hydrogen-bond donors (Lipinski definition) is 4. The largest absolute Gasteiger partial charge is 0.465 e. The van der Waals surface area contributed by atoms with Gasteiger partial charge in [-0.3, -0.25) is 0 Å². The quantitative estimate of drug-likeness (QED) is 0.0398. The van der Waals surface area contributed by atoms with E-state index in [1.54, 1.807) is 55.0 Å². The maximum atomic E-state index is 11.8. The van der Waals surface area contributed by atoms with Crippen LogP contribution in [0.1, 0.15) is 60.5 Å². The maximum absolute atomic E-state index is 11.8. The number of thioether (sulfide) groups is 1. The van der Waals surface area contributed by atoms with Crippen LogP contribution >= 0.6 is 11.8 Å². The predicted octanol–water partition coefficient (Wildman–Crippen LogP) is 7.50. The van der Waals surface area contributed by atoms with Crippen LogP contribution in [0.15, 0.2) is 97.3 Å². The van der Waals surface area contributed by atoms with Crippen LogP contribution in [0.25, 0.3) is 33.1 Å². The van der Waals surface area contributed by atoms with Gasteiger partial charge in [0, 0.05) is 49.7 Å². The summed E-state index contributed by atoms with van der Waals surface area (Å²) >= 11 is 1.44. The highest BCUT2D eigenvalue weighted by atomic mass is 32.2. The van der Waals surface area contributed by atoms with E-state index in [4.69, 9.17) is 23.7 Å². The minimum Gasteiger partial charge on any atom is -0.465 e. The number of fused-ring (bicyclic) bond motifs is 3. The summed E-state index contributed by atoms with van der Waals surface area (Å²) in [6.07, 6.45) is 12.0. The molecule has 6 aromatic heterocycles. The van der Waals surface area contributed by atoms with Gasteiger partial charge in [0.25, 0.3) is 0 Å². The first-order chi connectivity index (χ1) is 39.9. The third-order valence-corrected chi connectivity index (χ3v) is 13.1. The van der Waals surface area contributed by atoms with E-state index in [2.05, 4.69) is 86.0 Å². The smallest absolute Gasteiger partial charge is 0.337 e. The number of carbonyl (C=O) groups excluding carboxylic acids is 3. The number of nitrogens with zero attached hydrogens (tertiary/aromatic N) is 13. The van der Waals surface area contributed by atoms with Gasteiger partial charge in [0.15, 0.2) is 22.6 Å². The molecule has 9 aromatic rings. The Morgan fingerprint density at radius 3 is 1.37 bits per heavy atom. The van der Waals surface area contributed by atoms with Gasteiger partial charge in [-0.1, -0.05) is 36.9 Å². The first-order valence-electron chi connectivity index (χ1n) is 25.8. The number of aryl methyl sites for hydroxylation is 4. The third kappa shape index (κ3) is 15.2. The minimum atomic E-state index is -0.396. The number of nitrogens with one attached hydrogen (secondary N) is 4. The maximum Gasteiger partial charge on any atom is 0.337 e. The average Bonchev–Trinajstić information content (AvgIpc) is 3.73. The van der Waals surface area contributed by atoms with Gasteiger partial charge in [0.2, 0.25) is 5.95 Å². The van der Waals surface area contributed by atoms with Crippen molar-refractivity contribution in [1.29, 1.82) is 0 Å². The molecule has 0 amide bonds. The number of benzene rings is 3. The number of ether oxygens (including phenoxy) is 5. The molecule has 11 rings (SSSR count). The summed E-state index contributed by atoms with van der Waals surface area (Å²) in [5.74, 6) is 1.84. The predicted molar refractivity (Wildman–Crippen MR) is 311 cm³/mol. The molecule has 8 heterocycles. The second-order valence-corrected chi connectivity index (χ2v) is 18.7. The highest BCUT2D eigenvalue weighted by Gasteiger charge is 2.18. The number of morpholine rings is 2. The Labute approximate surface area is 476 Å². The van der Waals surface area contributed by atoms with Gasteiger partial charge in [-0.25, -0.2) is 74.2 Å². The van der Waals surface area contributed by atoms with Crippen LogP contribution in [0.2, 0.25) is 0 Å². The number of rotatable bonds is 12. The van der Waals surface area contributed by atoms with Crippen molar-refractivity contribution in [3.63, 3.8) is 0 Å². The summed E-state index contributed by atoms with van der Waals surface area (Å²) in [4.78, 5) is 89.5. The molecular weight excluding hydrogens is 1070 g/mol. The lowest BCUT2D eigenvalue weighted by Crippen LogP contribution is -2.37. The SMILES string of the molecule is C1COCCN1.CCc1ncc2ncnc(Nc3cc(C(=O)OC)ccc3C)c2n1.COC(=O)c1ccc(C)c(Nc2ncnc3cnc(N4CCOCC4)nc23)c1.COC(=O)c1ccc(C)c(Nc2ncnc3cnc(SC)nc23)c1. The Morgan fingerprint density at radius 2 is 0.963 bits per heavy atom. The Balaban J connectivity index is 0.000000153. The molecule has 0 atom stereocenters. The van der Waals surface area contributed by atoms with Crippen molar-refractivity contribution in [2.75, 3.05) is 101 Å². The zero-order valence-electron chi connectivity index (χ0n) is 46.5. The number of esters is 3. The van der Waals surface area contributed by atoms with Crippen LogP contribution in [0.4, 0.5) is 40.5 Å². The van der Waals surface area contributed by atoms with Gasteiger partial charge >= 0.3 is 17.9 Å². The molecule has 2 saturated heterocycles. The topological polar surface area (TPSA) is 303 Å². The second kappa shape index (κ2) is 28.8. The van der Waals surface area contributed by atoms with Crippen molar-refractivity contribution in [1.82, 2.24) is 65.1 Å². The van der Waals surface area contributed by atoms with Gasteiger partial charge in [-0.05, 0) is 80.1 Å². The molecule has 2 fully saturated rings. The Bertz CT molecular complexity index is 3540. The van der Waals surface area contributed by atoms with E-state index in [1.165, 1.54) is 52.1 Å². The minimum absolute atomic E-state index is 0.388. The van der Waals surface area contributed by atoms with Crippen LogP contribution in [0, 0.1) is 20.8 Å². The van der Waals surface area contributed by atoms with Crippen LogP contribution in [0.3, 0.4) is 0 Å². The molecule has 0 spiro atoms. The zero-order valence-corrected chi connectivity index (χ0v) is 47.3. The number of carbonyl (C=O) groups is 3. The summed E-state index contributed by atoms with van der Waals surface area (Å²) in [6, 6.07) is 15.9. The fourth-order valence-electron chi connectivity index (χ4n) is 7.94. The van der Waals surface area contributed by atoms with Crippen LogP contribution in [0.5, 0.6) is 0 Å². The van der Waals surface area contributed by atoms with Gasteiger partial charge < -0.3 is 49.9 Å². The van der Waals surface area contributed by atoms with Gasteiger partial charge in [0.05, 0.1) is 83.0 Å². The van der Waals surface area contributed by atoms with Gasteiger partial charge in [0.1, 0.15) is 57.9 Å². The van der Waals surface area contributed by atoms with E-state index in [9.17, 15) is 14.4 Å². The molecule has 4 N–H and O–H groups in total. The highest BCUT2D eigenvalue weighted by Crippen LogP contribution is 2.29. The van der Waals surface area contributed by atoms with Gasteiger partial charge in [-0.15, -0.1) is 0 Å².